The van der Waals surface area contributed by atoms with E-state index in [4.69, 9.17) is 0 Å². The van der Waals surface area contributed by atoms with Crippen LogP contribution in [0, 0.1) is 0 Å². The molecule has 34 heavy (non-hydrogen) atoms. The Bertz CT molecular complexity index is 1560. The van der Waals surface area contributed by atoms with Gasteiger partial charge in [0, 0.05) is 22.5 Å². The Balaban J connectivity index is 1.34. The summed E-state index contributed by atoms with van der Waals surface area (Å²) in [7, 11) is -3.75. The van der Waals surface area contributed by atoms with Crippen LogP contribution in [0.4, 0.5) is 11.4 Å². The van der Waals surface area contributed by atoms with Crippen LogP contribution in [0.25, 0.3) is 22.4 Å². The van der Waals surface area contributed by atoms with Crippen molar-refractivity contribution < 1.29 is 13.2 Å². The first-order valence-corrected chi connectivity index (χ1v) is 12.0. The third-order valence-corrected chi connectivity index (χ3v) is 6.61. The third-order valence-electron chi connectivity index (χ3n) is 5.21. The lowest BCUT2D eigenvalue weighted by Crippen LogP contribution is -2.15. The van der Waals surface area contributed by atoms with Gasteiger partial charge in [-0.3, -0.25) is 9.52 Å². The lowest BCUT2D eigenvalue weighted by Gasteiger charge is -2.10. The van der Waals surface area contributed by atoms with Crippen LogP contribution in [0.2, 0.25) is 0 Å². The Morgan fingerprint density at radius 1 is 0.765 bits per heavy atom. The Hall–Kier alpha value is -4.43. The van der Waals surface area contributed by atoms with Gasteiger partial charge in [0.05, 0.1) is 15.9 Å². The molecule has 4 aromatic carbocycles. The lowest BCUT2D eigenvalue weighted by atomic mass is 10.1. The molecule has 0 saturated carbocycles. The van der Waals surface area contributed by atoms with Crippen molar-refractivity contribution >= 4 is 38.3 Å². The fourth-order valence-corrected chi connectivity index (χ4v) is 4.65. The van der Waals surface area contributed by atoms with Crippen molar-refractivity contribution in [3.05, 3.63) is 109 Å². The second-order valence-corrected chi connectivity index (χ2v) is 9.32. The highest BCUT2D eigenvalue weighted by molar-refractivity contribution is 7.92. The fraction of sp³-hybridized carbons (Fsp3) is 0. The van der Waals surface area contributed by atoms with Gasteiger partial charge in [-0.15, -0.1) is 0 Å². The molecule has 0 aliphatic heterocycles. The molecule has 0 atom stereocenters. The number of aromatic nitrogens is 2. The number of hydrogen-bond donors (Lipinski definition) is 3. The van der Waals surface area contributed by atoms with Crippen LogP contribution in [-0.4, -0.2) is 24.3 Å². The van der Waals surface area contributed by atoms with Crippen molar-refractivity contribution in [2.45, 2.75) is 4.90 Å². The molecule has 168 valence electrons. The number of nitrogens with zero attached hydrogens (tertiary/aromatic N) is 1. The number of amides is 1. The summed E-state index contributed by atoms with van der Waals surface area (Å²) in [6.45, 7) is 0. The normalized spacial score (nSPS) is 11.3. The number of anilines is 2. The van der Waals surface area contributed by atoms with Crippen LogP contribution < -0.4 is 10.0 Å². The maximum Gasteiger partial charge on any atom is 0.261 e. The van der Waals surface area contributed by atoms with E-state index in [-0.39, 0.29) is 10.8 Å². The van der Waals surface area contributed by atoms with Crippen LogP contribution in [0.5, 0.6) is 0 Å². The van der Waals surface area contributed by atoms with E-state index in [1.54, 1.807) is 42.5 Å². The van der Waals surface area contributed by atoms with E-state index < -0.39 is 10.0 Å². The quantitative estimate of drug-likeness (QED) is 0.315. The molecule has 1 heterocycles. The van der Waals surface area contributed by atoms with Gasteiger partial charge < -0.3 is 10.3 Å². The zero-order valence-corrected chi connectivity index (χ0v) is 18.7. The molecular weight excluding hydrogens is 448 g/mol. The Morgan fingerprint density at radius 2 is 1.50 bits per heavy atom. The Labute approximate surface area is 196 Å². The van der Waals surface area contributed by atoms with Gasteiger partial charge in [-0.25, -0.2) is 13.4 Å². The standard InChI is InChI=1S/C26H20N4O3S/c31-26(19-9-7-11-21(17-19)30-34(32,33)22-12-2-1-3-13-22)27-20-10-6-8-18(16-20)25-28-23-14-4-5-15-24(23)29-25/h1-17,30H,(H,27,31)(H,28,29). The number of aromatic amines is 1. The topological polar surface area (TPSA) is 104 Å². The molecule has 0 fully saturated rings. The van der Waals surface area contributed by atoms with E-state index in [9.17, 15) is 13.2 Å². The Morgan fingerprint density at radius 3 is 2.32 bits per heavy atom. The summed E-state index contributed by atoms with van der Waals surface area (Å²) >= 11 is 0. The highest BCUT2D eigenvalue weighted by Crippen LogP contribution is 2.24. The van der Waals surface area contributed by atoms with E-state index in [0.717, 1.165) is 16.6 Å². The minimum absolute atomic E-state index is 0.146. The molecule has 0 aliphatic carbocycles. The van der Waals surface area contributed by atoms with Crippen molar-refractivity contribution in [1.29, 1.82) is 0 Å². The van der Waals surface area contributed by atoms with Crippen molar-refractivity contribution in [3.63, 3.8) is 0 Å². The van der Waals surface area contributed by atoms with Crippen molar-refractivity contribution in [2.24, 2.45) is 0 Å². The largest absolute Gasteiger partial charge is 0.338 e. The number of benzene rings is 4. The van der Waals surface area contributed by atoms with Gasteiger partial charge in [0.1, 0.15) is 5.82 Å². The van der Waals surface area contributed by atoms with Crippen LogP contribution >= 0.6 is 0 Å². The summed E-state index contributed by atoms with van der Waals surface area (Å²) in [6, 6.07) is 29.5. The van der Waals surface area contributed by atoms with Gasteiger partial charge in [0.2, 0.25) is 0 Å². The fourth-order valence-electron chi connectivity index (χ4n) is 3.57. The number of hydrogen-bond acceptors (Lipinski definition) is 4. The molecule has 0 saturated heterocycles. The first-order valence-electron chi connectivity index (χ1n) is 10.5. The summed E-state index contributed by atoms with van der Waals surface area (Å²) in [4.78, 5) is 20.9. The monoisotopic (exact) mass is 468 g/mol. The Kier molecular flexibility index (Phi) is 5.57. The molecule has 5 rings (SSSR count). The summed E-state index contributed by atoms with van der Waals surface area (Å²) in [5, 5.41) is 2.87. The smallest absolute Gasteiger partial charge is 0.261 e. The highest BCUT2D eigenvalue weighted by Gasteiger charge is 2.15. The molecule has 1 aromatic heterocycles. The van der Waals surface area contributed by atoms with Gasteiger partial charge in [-0.1, -0.05) is 48.5 Å². The van der Waals surface area contributed by atoms with Gasteiger partial charge in [0.25, 0.3) is 15.9 Å². The molecule has 0 bridgehead atoms. The average Bonchev–Trinajstić information content (AvgIpc) is 3.29. The molecule has 5 aromatic rings. The van der Waals surface area contributed by atoms with E-state index in [0.29, 0.717) is 22.8 Å². The summed E-state index contributed by atoms with van der Waals surface area (Å²) in [5.74, 6) is 0.345. The van der Waals surface area contributed by atoms with E-state index in [1.165, 1.54) is 18.2 Å². The molecule has 8 heteroatoms. The SMILES string of the molecule is O=C(Nc1cccc(-c2nc3ccccc3[nH]2)c1)c1cccc(NS(=O)(=O)c2ccccc2)c1. The molecule has 0 aliphatic rings. The number of carbonyl (C=O) groups is 1. The summed E-state index contributed by atoms with van der Waals surface area (Å²) in [6.07, 6.45) is 0. The number of sulfonamides is 1. The minimum Gasteiger partial charge on any atom is -0.338 e. The van der Waals surface area contributed by atoms with Crippen molar-refractivity contribution in [2.75, 3.05) is 10.0 Å². The zero-order chi connectivity index (χ0) is 23.5. The first kappa shape index (κ1) is 21.4. The highest BCUT2D eigenvalue weighted by atomic mass is 32.2. The number of H-pyrrole nitrogens is 1. The number of carbonyl (C=O) groups excluding carboxylic acids is 1. The predicted octanol–water partition coefficient (Wildman–Crippen LogP) is 5.28. The number of fused-ring (bicyclic) bond motifs is 1. The predicted molar refractivity (Wildman–Crippen MR) is 133 cm³/mol. The second-order valence-electron chi connectivity index (χ2n) is 7.64. The molecule has 3 N–H and O–H groups in total. The molecule has 7 nitrogen and oxygen atoms in total. The van der Waals surface area contributed by atoms with E-state index in [2.05, 4.69) is 20.0 Å². The van der Waals surface area contributed by atoms with Crippen LogP contribution in [0.3, 0.4) is 0 Å². The lowest BCUT2D eigenvalue weighted by molar-refractivity contribution is 0.102. The van der Waals surface area contributed by atoms with E-state index >= 15 is 0 Å². The van der Waals surface area contributed by atoms with Gasteiger partial charge in [-0.2, -0.15) is 0 Å². The van der Waals surface area contributed by atoms with Crippen LogP contribution in [0.15, 0.2) is 108 Å². The molecule has 0 radical (unpaired) electrons. The molecule has 1 amide bonds. The molecular formula is C26H20N4O3S. The summed E-state index contributed by atoms with van der Waals surface area (Å²) in [5.41, 5.74) is 3.84. The van der Waals surface area contributed by atoms with Crippen molar-refractivity contribution in [1.82, 2.24) is 9.97 Å². The molecule has 0 unspecified atom stereocenters. The number of nitrogens with one attached hydrogen (secondary N) is 3. The van der Waals surface area contributed by atoms with Gasteiger partial charge in [-0.05, 0) is 54.6 Å². The van der Waals surface area contributed by atoms with E-state index in [1.807, 2.05) is 42.5 Å². The number of para-hydroxylation sites is 2. The minimum atomic E-state index is -3.75. The van der Waals surface area contributed by atoms with Crippen molar-refractivity contribution in [3.8, 4) is 11.4 Å². The summed E-state index contributed by atoms with van der Waals surface area (Å²) < 4.78 is 27.7. The number of imidazole rings is 1. The van der Waals surface area contributed by atoms with Gasteiger partial charge >= 0.3 is 0 Å². The maximum atomic E-state index is 12.9. The first-order chi connectivity index (χ1) is 16.5. The van der Waals surface area contributed by atoms with Crippen LogP contribution in [-0.2, 0) is 10.0 Å². The molecule has 0 spiro atoms. The maximum absolute atomic E-state index is 12.9. The number of rotatable bonds is 6. The van der Waals surface area contributed by atoms with Crippen LogP contribution in [0.1, 0.15) is 10.4 Å². The average molecular weight is 469 g/mol. The zero-order valence-electron chi connectivity index (χ0n) is 17.9. The van der Waals surface area contributed by atoms with Gasteiger partial charge in [0.15, 0.2) is 0 Å². The second kappa shape index (κ2) is 8.84. The third kappa shape index (κ3) is 4.53.